The van der Waals surface area contributed by atoms with Gasteiger partial charge < -0.3 is 0 Å². The lowest BCUT2D eigenvalue weighted by Crippen LogP contribution is -2.31. The van der Waals surface area contributed by atoms with Crippen LogP contribution in [0.25, 0.3) is 133 Å². The van der Waals surface area contributed by atoms with Gasteiger partial charge in [-0.3, -0.25) is 0 Å². The third-order valence-corrected chi connectivity index (χ3v) is 33.5. The fourth-order valence-electron chi connectivity index (χ4n) is 26.4. The van der Waals surface area contributed by atoms with Gasteiger partial charge in [-0.25, -0.2) is 22.7 Å². The number of hydrogen-bond donors (Lipinski definition) is 0. The van der Waals surface area contributed by atoms with Crippen molar-refractivity contribution >= 4 is 43.1 Å². The molecular formula is C125H129FN4+4. The molecule has 652 valence electrons. The molecule has 0 N–H and O–H groups in total. The minimum atomic E-state index is -0.121. The summed E-state index contributed by atoms with van der Waals surface area (Å²) in [5.41, 5.74) is 34.3. The number of nitrogens with zero attached hydrogens (tertiary/aromatic N) is 4. The number of aromatic nitrogens is 4. The summed E-state index contributed by atoms with van der Waals surface area (Å²) in [7, 11) is 8.65. The third kappa shape index (κ3) is 16.1. The summed E-state index contributed by atoms with van der Waals surface area (Å²) in [6.07, 6.45) is 31.8. The molecule has 0 spiro atoms. The Morgan fingerprint density at radius 1 is 0.254 bits per heavy atom. The number of benzene rings is 12. The first-order valence-electron chi connectivity index (χ1n) is 49.3. The fourth-order valence-corrected chi connectivity index (χ4v) is 26.4. The van der Waals surface area contributed by atoms with E-state index < -0.39 is 0 Å². The van der Waals surface area contributed by atoms with Crippen molar-refractivity contribution in [2.75, 3.05) is 0 Å². The van der Waals surface area contributed by atoms with Crippen molar-refractivity contribution in [2.45, 2.75) is 188 Å². The van der Waals surface area contributed by atoms with Crippen molar-refractivity contribution in [3.8, 4) is 89.5 Å². The van der Waals surface area contributed by atoms with Gasteiger partial charge in [0.2, 0.25) is 22.8 Å². The molecule has 0 radical (unpaired) electrons. The normalized spacial score (nSPS) is 21.9. The Hall–Kier alpha value is -11.8. The first-order chi connectivity index (χ1) is 63.2. The average Bonchev–Trinajstić information content (AvgIpc) is 1.26. The molecule has 0 saturated heterocycles. The summed E-state index contributed by atoms with van der Waals surface area (Å²) in [5, 5.41) is 10.7. The molecule has 24 rings (SSSR count). The molecule has 12 atom stereocenters. The van der Waals surface area contributed by atoms with Crippen molar-refractivity contribution < 1.29 is 22.7 Å². The zero-order chi connectivity index (χ0) is 88.9. The molecule has 4 heterocycles. The van der Waals surface area contributed by atoms with Crippen LogP contribution in [0.1, 0.15) is 207 Å². The average molecular weight is 1710 g/mol. The first-order valence-corrected chi connectivity index (χ1v) is 49.3. The van der Waals surface area contributed by atoms with E-state index in [1.807, 2.05) is 50.2 Å². The Labute approximate surface area is 772 Å². The minimum absolute atomic E-state index is 0.121. The van der Waals surface area contributed by atoms with Gasteiger partial charge in [0.15, 0.2) is 24.8 Å². The quantitative estimate of drug-likeness (QED) is 0.102. The van der Waals surface area contributed by atoms with Crippen LogP contribution in [0.15, 0.2) is 292 Å². The van der Waals surface area contributed by atoms with E-state index in [9.17, 15) is 0 Å². The van der Waals surface area contributed by atoms with Crippen molar-refractivity contribution in [1.82, 2.24) is 0 Å². The molecule has 8 saturated carbocycles. The highest BCUT2D eigenvalue weighted by Crippen LogP contribution is 2.58. The number of rotatable bonds is 13. The molecule has 0 amide bonds. The van der Waals surface area contributed by atoms with Gasteiger partial charge >= 0.3 is 0 Å². The fraction of sp³-hybridized carbons (Fsp3) is 0.328. The van der Waals surface area contributed by atoms with Gasteiger partial charge in [-0.2, -0.15) is 0 Å². The lowest BCUT2D eigenvalue weighted by molar-refractivity contribution is -0.659. The summed E-state index contributed by atoms with van der Waals surface area (Å²) >= 11 is 0. The zero-order valence-corrected chi connectivity index (χ0v) is 78.7. The van der Waals surface area contributed by atoms with Crippen LogP contribution in [0.5, 0.6) is 0 Å². The summed E-state index contributed by atoms with van der Waals surface area (Å²) in [6.45, 7) is 17.6. The van der Waals surface area contributed by atoms with Gasteiger partial charge in [0.1, 0.15) is 34.0 Å². The maximum atomic E-state index is 15.4. The summed E-state index contributed by atoms with van der Waals surface area (Å²) in [6, 6.07) is 98.8. The molecule has 8 aliphatic rings. The number of hydrogen-bond acceptors (Lipinski definition) is 0. The van der Waals surface area contributed by atoms with Crippen LogP contribution in [0, 0.1) is 94.7 Å². The lowest BCUT2D eigenvalue weighted by Gasteiger charge is -2.22. The highest BCUT2D eigenvalue weighted by atomic mass is 19.1. The van der Waals surface area contributed by atoms with Gasteiger partial charge in [0, 0.05) is 29.8 Å². The van der Waals surface area contributed by atoms with E-state index in [0.29, 0.717) is 11.5 Å². The zero-order valence-electron chi connectivity index (χ0n) is 78.7. The summed E-state index contributed by atoms with van der Waals surface area (Å²) < 4.78 is 24.4. The molecule has 130 heavy (non-hydrogen) atoms. The molecule has 4 nitrogen and oxygen atoms in total. The molecule has 8 fully saturated rings. The van der Waals surface area contributed by atoms with Crippen molar-refractivity contribution in [2.24, 2.45) is 75.5 Å². The van der Waals surface area contributed by atoms with Crippen molar-refractivity contribution in [1.29, 1.82) is 0 Å². The van der Waals surface area contributed by atoms with Gasteiger partial charge in [-0.1, -0.05) is 234 Å². The molecule has 12 unspecified atom stereocenters. The Bertz CT molecular complexity index is 7000. The molecule has 0 aliphatic heterocycles. The highest BCUT2D eigenvalue weighted by molar-refractivity contribution is 5.99. The number of aryl methyl sites for hydroxylation is 6. The predicted octanol–water partition coefficient (Wildman–Crippen LogP) is 30.7. The Kier molecular flexibility index (Phi) is 23.2. The van der Waals surface area contributed by atoms with Crippen molar-refractivity contribution in [3.05, 3.63) is 359 Å². The van der Waals surface area contributed by atoms with E-state index >= 15 is 4.39 Å². The second-order valence-corrected chi connectivity index (χ2v) is 41.5. The van der Waals surface area contributed by atoms with Crippen LogP contribution >= 0.6 is 0 Å². The van der Waals surface area contributed by atoms with Gasteiger partial charge in [-0.05, 0) is 366 Å². The molecule has 8 bridgehead atoms. The largest absolute Gasteiger partial charge is 0.220 e. The number of fused-ring (bicyclic) bond motifs is 12. The molecule has 8 aliphatic carbocycles. The van der Waals surface area contributed by atoms with Crippen LogP contribution in [-0.2, 0) is 28.2 Å². The maximum absolute atomic E-state index is 15.4. The van der Waals surface area contributed by atoms with E-state index in [1.165, 1.54) is 246 Å². The van der Waals surface area contributed by atoms with Crippen LogP contribution in [0.4, 0.5) is 4.39 Å². The topological polar surface area (TPSA) is 15.5 Å². The van der Waals surface area contributed by atoms with Gasteiger partial charge in [0.05, 0.1) is 43.8 Å². The van der Waals surface area contributed by atoms with E-state index in [1.54, 1.807) is 16.7 Å². The predicted molar refractivity (Wildman–Crippen MR) is 539 cm³/mol. The van der Waals surface area contributed by atoms with Crippen LogP contribution in [-0.4, -0.2) is 0 Å². The van der Waals surface area contributed by atoms with Crippen LogP contribution < -0.4 is 18.3 Å². The molecule has 5 heteroatoms. The smallest absolute Gasteiger partial charge is 0.206 e. The minimum Gasteiger partial charge on any atom is -0.206 e. The first kappa shape index (κ1) is 85.0. The summed E-state index contributed by atoms with van der Waals surface area (Å²) in [5.74, 6) is 10.9. The SMILES string of the molecule is Cc1c(-c2c3ccc(C4CC5CCC4C5)cc3cc[n+]2C)cc(-c2ccccc2)c(F)c1C.Cc1c(-c2c3ccc(C4CC5CCC4C5)cc3cc[n+]2C)cc(-c2ccccc2)cc1C(C)C.Cc1cc(-c2ccccc2)cc(-c2c3ccc(C4CC5CCC4C5)cc3cc[n+]2C)c1C.Cc1ccc(-c2ccccc2)cc1-c1c2ccc(C3CC4CCC3C4)cc2cc[n+]1C. The Morgan fingerprint density at radius 2 is 0.577 bits per heavy atom. The third-order valence-electron chi connectivity index (χ3n) is 33.5. The molecule has 4 aromatic heterocycles. The van der Waals surface area contributed by atoms with Crippen LogP contribution in [0.3, 0.4) is 0 Å². The van der Waals surface area contributed by atoms with Crippen molar-refractivity contribution in [3.63, 3.8) is 0 Å². The molecular weight excluding hydrogens is 1580 g/mol. The highest BCUT2D eigenvalue weighted by Gasteiger charge is 2.44. The molecule has 12 aromatic carbocycles. The second kappa shape index (κ2) is 35.5. The summed E-state index contributed by atoms with van der Waals surface area (Å²) in [4.78, 5) is 0. The number of pyridine rings is 4. The van der Waals surface area contributed by atoms with E-state index in [-0.39, 0.29) is 5.82 Å². The van der Waals surface area contributed by atoms with E-state index in [4.69, 9.17) is 0 Å². The maximum Gasteiger partial charge on any atom is 0.220 e. The Morgan fingerprint density at radius 3 is 0.923 bits per heavy atom. The Balaban J connectivity index is 0.000000105. The van der Waals surface area contributed by atoms with E-state index in [0.717, 1.165) is 99.0 Å². The van der Waals surface area contributed by atoms with Gasteiger partial charge in [-0.15, -0.1) is 0 Å². The second-order valence-electron chi connectivity index (χ2n) is 41.5. The van der Waals surface area contributed by atoms with E-state index in [2.05, 4.69) is 343 Å². The molecule has 16 aromatic rings. The van der Waals surface area contributed by atoms with Gasteiger partial charge in [0.25, 0.3) is 0 Å². The lowest BCUT2D eigenvalue weighted by atomic mass is 9.82. The van der Waals surface area contributed by atoms with Crippen LogP contribution in [0.2, 0.25) is 0 Å². The number of halogens is 1. The monoisotopic (exact) mass is 1710 g/mol. The standard InChI is InChI=1S/C33H36N.C31H31FN.C31H32N.C30H30N/c1-21(2)30-19-28(24-8-6-5-7-9-24)20-31(22(30)3)33-29-13-12-26(18-27(29)14-15-34(33)4)32-17-23-10-11-25(32)16-23;1-19-20(2)30(32)29(22-7-5-4-6-8-22)18-27(19)31-26-12-11-24(17-25(26)13-14-33(31)3)28-16-21-9-10-23(28)15-21;1-20-15-27(23-7-5-4-6-8-23)19-29(21(20)2)31-28-12-11-25(18-26(28)13-14-32(31)3)30-17-22-9-10-24(30)16-22;1-20-8-10-23(22-6-4-3-5-7-22)19-28(20)30-27-13-12-25(18-26(27)14-15-31(30)2)29-17-21-9-11-24(29)16-21/h5-9,12-15,18-21,23,25,32H,10-11,16-17H2,1-4H3;4-8,11-14,17-18,21,23,28H,9-10,15-16H2,1-3H3;4-8,11-15,18-19,22,24,30H,9-10,16-17H2,1-3H3;3-8,10,12-15,18-19,21,24,29H,9,11,16-17H2,1-2H3/q4*+1.